The van der Waals surface area contributed by atoms with Gasteiger partial charge < -0.3 is 4.74 Å². The van der Waals surface area contributed by atoms with Crippen molar-refractivity contribution in [2.45, 2.75) is 43.4 Å². The van der Waals surface area contributed by atoms with Crippen LogP contribution >= 0.6 is 11.8 Å². The van der Waals surface area contributed by atoms with Crippen LogP contribution in [0.5, 0.6) is 0 Å². The number of hydrogen-bond acceptors (Lipinski definition) is 2. The zero-order valence-corrected chi connectivity index (χ0v) is 12.7. The first kappa shape index (κ1) is 15.3. The largest absolute Gasteiger partial charge is 0.376 e. The highest BCUT2D eigenvalue weighted by molar-refractivity contribution is 8.00. The van der Waals surface area contributed by atoms with Crippen LogP contribution < -0.4 is 0 Å². The summed E-state index contributed by atoms with van der Waals surface area (Å²) in [6.07, 6.45) is 2.02. The first-order valence-corrected chi connectivity index (χ1v) is 7.28. The van der Waals surface area contributed by atoms with Gasteiger partial charge in [0.2, 0.25) is 0 Å². The molecule has 0 N–H and O–H groups in total. The second kappa shape index (κ2) is 7.01. The molecule has 2 heteroatoms. The average Bonchev–Trinajstić information content (AvgIpc) is 2.33. The van der Waals surface area contributed by atoms with Crippen LogP contribution in [-0.2, 0) is 4.74 Å². The van der Waals surface area contributed by atoms with Gasteiger partial charge in [0.25, 0.3) is 0 Å². The lowest BCUT2D eigenvalue weighted by molar-refractivity contribution is -0.0182. The molecular weight excluding hydrogens is 240 g/mol. The fraction of sp³-hybridized carbons (Fsp3) is 0.500. The molecule has 0 aliphatic heterocycles. The molecule has 0 heterocycles. The van der Waals surface area contributed by atoms with E-state index in [0.29, 0.717) is 11.2 Å². The van der Waals surface area contributed by atoms with Crippen LogP contribution in [0.1, 0.15) is 27.7 Å². The molecule has 1 nitrogen and oxygen atoms in total. The Bertz CT molecular complexity index is 353. The lowest BCUT2D eigenvalue weighted by atomic mass is 10.1. The zero-order valence-electron chi connectivity index (χ0n) is 11.8. The van der Waals surface area contributed by atoms with Crippen molar-refractivity contribution in [1.82, 2.24) is 0 Å². The first-order chi connectivity index (χ1) is 8.42. The van der Waals surface area contributed by atoms with Gasteiger partial charge in [-0.2, -0.15) is 0 Å². The van der Waals surface area contributed by atoms with E-state index in [2.05, 4.69) is 58.5 Å². The van der Waals surface area contributed by atoms with E-state index >= 15 is 0 Å². The Labute approximate surface area is 116 Å². The molecule has 1 aromatic rings. The van der Waals surface area contributed by atoms with E-state index in [1.807, 2.05) is 23.9 Å². The minimum Gasteiger partial charge on any atom is -0.376 e. The molecule has 1 aromatic carbocycles. The summed E-state index contributed by atoms with van der Waals surface area (Å²) in [5.74, 6) is 0.451. The zero-order chi connectivity index (χ0) is 13.6. The van der Waals surface area contributed by atoms with Crippen LogP contribution in [-0.4, -0.2) is 17.5 Å². The molecule has 0 bridgehead atoms. The Morgan fingerprint density at radius 2 is 1.89 bits per heavy atom. The fourth-order valence-corrected chi connectivity index (χ4v) is 2.56. The van der Waals surface area contributed by atoms with Gasteiger partial charge >= 0.3 is 0 Å². The molecule has 0 spiro atoms. The predicted octanol–water partition coefficient (Wildman–Crippen LogP) is 4.78. The van der Waals surface area contributed by atoms with E-state index in [0.717, 1.165) is 6.61 Å². The highest BCUT2D eigenvalue weighted by Crippen LogP contribution is 2.29. The molecule has 18 heavy (non-hydrogen) atoms. The Balaban J connectivity index is 2.53. The number of benzene rings is 1. The maximum atomic E-state index is 5.85. The van der Waals surface area contributed by atoms with Crippen LogP contribution in [0.4, 0.5) is 0 Å². The van der Waals surface area contributed by atoms with Gasteiger partial charge in [-0.1, -0.05) is 31.2 Å². The van der Waals surface area contributed by atoms with Gasteiger partial charge in [0, 0.05) is 10.1 Å². The van der Waals surface area contributed by atoms with E-state index < -0.39 is 0 Å². The van der Waals surface area contributed by atoms with Crippen LogP contribution in [0.3, 0.4) is 0 Å². The summed E-state index contributed by atoms with van der Waals surface area (Å²) in [6.45, 7) is 13.2. The molecule has 0 aliphatic rings. The lowest BCUT2D eigenvalue weighted by Gasteiger charge is -2.26. The molecule has 0 saturated heterocycles. The lowest BCUT2D eigenvalue weighted by Crippen LogP contribution is -2.26. The van der Waals surface area contributed by atoms with E-state index in [1.165, 1.54) is 4.90 Å². The highest BCUT2D eigenvalue weighted by atomic mass is 32.2. The Hall–Kier alpha value is -0.730. The Kier molecular flexibility index (Phi) is 5.97. The second-order valence-electron chi connectivity index (χ2n) is 5.53. The third-order valence-corrected chi connectivity index (χ3v) is 4.06. The Morgan fingerprint density at radius 1 is 1.28 bits per heavy atom. The minimum absolute atomic E-state index is 0.0720. The summed E-state index contributed by atoms with van der Waals surface area (Å²) in [5.41, 5.74) is -0.0720. The normalized spacial score (nSPS) is 15.1. The molecule has 0 aromatic heterocycles. The third-order valence-electron chi connectivity index (χ3n) is 2.59. The molecule has 0 amide bonds. The van der Waals surface area contributed by atoms with Gasteiger partial charge in [-0.3, -0.25) is 0 Å². The topological polar surface area (TPSA) is 9.23 Å². The summed E-state index contributed by atoms with van der Waals surface area (Å²) in [7, 11) is 0. The molecule has 1 rings (SSSR count). The molecule has 0 saturated carbocycles. The maximum absolute atomic E-state index is 5.85. The SMILES string of the molecule is C=CC(Sc1ccccc1)C(C)COC(C)(C)C. The average molecular weight is 264 g/mol. The number of hydrogen-bond donors (Lipinski definition) is 0. The Morgan fingerprint density at radius 3 is 2.39 bits per heavy atom. The maximum Gasteiger partial charge on any atom is 0.0598 e. The van der Waals surface area contributed by atoms with Crippen LogP contribution in [0.25, 0.3) is 0 Å². The number of thioether (sulfide) groups is 1. The van der Waals surface area contributed by atoms with Crippen molar-refractivity contribution in [1.29, 1.82) is 0 Å². The van der Waals surface area contributed by atoms with Crippen molar-refractivity contribution < 1.29 is 4.74 Å². The van der Waals surface area contributed by atoms with Crippen LogP contribution in [0.15, 0.2) is 47.9 Å². The smallest absolute Gasteiger partial charge is 0.0598 e. The molecule has 100 valence electrons. The quantitative estimate of drug-likeness (QED) is 0.540. The molecular formula is C16H24OS. The highest BCUT2D eigenvalue weighted by Gasteiger charge is 2.19. The van der Waals surface area contributed by atoms with Crippen molar-refractivity contribution >= 4 is 11.8 Å². The van der Waals surface area contributed by atoms with Gasteiger partial charge in [-0.05, 0) is 38.8 Å². The number of ether oxygens (including phenoxy) is 1. The summed E-state index contributed by atoms with van der Waals surface area (Å²) in [4.78, 5) is 1.28. The second-order valence-corrected chi connectivity index (χ2v) is 6.78. The first-order valence-electron chi connectivity index (χ1n) is 6.40. The molecule has 2 atom stereocenters. The molecule has 0 radical (unpaired) electrons. The third kappa shape index (κ3) is 5.74. The van der Waals surface area contributed by atoms with E-state index in [9.17, 15) is 0 Å². The van der Waals surface area contributed by atoms with Crippen molar-refractivity contribution in [2.75, 3.05) is 6.61 Å². The fourth-order valence-electron chi connectivity index (χ4n) is 1.53. The van der Waals surface area contributed by atoms with E-state index in [-0.39, 0.29) is 5.60 Å². The minimum atomic E-state index is -0.0720. The molecule has 0 aliphatic carbocycles. The van der Waals surface area contributed by atoms with Gasteiger partial charge in [0.15, 0.2) is 0 Å². The monoisotopic (exact) mass is 264 g/mol. The predicted molar refractivity (Wildman–Crippen MR) is 81.2 cm³/mol. The van der Waals surface area contributed by atoms with Crippen molar-refractivity contribution in [3.05, 3.63) is 43.0 Å². The van der Waals surface area contributed by atoms with Gasteiger partial charge in [-0.25, -0.2) is 0 Å². The van der Waals surface area contributed by atoms with Gasteiger partial charge in [0.1, 0.15) is 0 Å². The standard InChI is InChI=1S/C16H24OS/c1-6-15(13(2)12-17-16(3,4)5)18-14-10-8-7-9-11-14/h6-11,13,15H,1,12H2,2-5H3. The van der Waals surface area contributed by atoms with E-state index in [4.69, 9.17) is 4.74 Å². The van der Waals surface area contributed by atoms with Crippen molar-refractivity contribution in [3.8, 4) is 0 Å². The molecule has 2 unspecified atom stereocenters. The summed E-state index contributed by atoms with van der Waals surface area (Å²) >= 11 is 1.85. The summed E-state index contributed by atoms with van der Waals surface area (Å²) in [6, 6.07) is 10.5. The van der Waals surface area contributed by atoms with E-state index in [1.54, 1.807) is 0 Å². The van der Waals surface area contributed by atoms with Crippen LogP contribution in [0.2, 0.25) is 0 Å². The summed E-state index contributed by atoms with van der Waals surface area (Å²) in [5, 5.41) is 0.384. The van der Waals surface area contributed by atoms with Crippen molar-refractivity contribution in [2.24, 2.45) is 5.92 Å². The summed E-state index contributed by atoms with van der Waals surface area (Å²) < 4.78 is 5.85. The van der Waals surface area contributed by atoms with Gasteiger partial charge in [0.05, 0.1) is 12.2 Å². The van der Waals surface area contributed by atoms with Gasteiger partial charge in [-0.15, -0.1) is 18.3 Å². The number of rotatable bonds is 6. The molecule has 0 fully saturated rings. The van der Waals surface area contributed by atoms with Crippen LogP contribution in [0, 0.1) is 5.92 Å². The van der Waals surface area contributed by atoms with Crippen molar-refractivity contribution in [3.63, 3.8) is 0 Å².